The van der Waals surface area contributed by atoms with Crippen molar-refractivity contribution in [3.8, 4) is 0 Å². The van der Waals surface area contributed by atoms with Crippen LogP contribution in [-0.4, -0.2) is 18.9 Å². The number of carbonyl (C=O) groups is 2. The van der Waals surface area contributed by atoms with Gasteiger partial charge in [0.2, 0.25) is 0 Å². The number of hydrogen-bond acceptors (Lipinski definition) is 2. The number of likely N-dealkylation sites (N-methyl/N-ethyl adjacent to an activating group) is 1. The fourth-order valence-corrected chi connectivity index (χ4v) is 0.475. The second kappa shape index (κ2) is 1.52. The number of rotatable bonds is 0. The Labute approximate surface area is 46.6 Å². The predicted molar refractivity (Wildman–Crippen MR) is 27.2 cm³/mol. The number of carbonyl (C=O) groups excluding carboxylic acids is 2. The minimum atomic E-state index is -0.241. The minimum Gasteiger partial charge on any atom is -0.220 e. The summed E-state index contributed by atoms with van der Waals surface area (Å²) < 4.78 is 0. The van der Waals surface area contributed by atoms with Crippen molar-refractivity contribution in [1.82, 2.24) is 4.90 Å². The maximum atomic E-state index is 10.4. The SMILES string of the molecule is C[N+]1C(=O)C=CC1=O. The highest BCUT2D eigenvalue weighted by Gasteiger charge is 2.31. The molecular formula is C5H5NO2+. The lowest BCUT2D eigenvalue weighted by Gasteiger charge is -1.84. The van der Waals surface area contributed by atoms with Gasteiger partial charge in [0.15, 0.2) is 0 Å². The van der Waals surface area contributed by atoms with E-state index in [-0.39, 0.29) is 11.8 Å². The third-order valence-electron chi connectivity index (χ3n) is 1.03. The van der Waals surface area contributed by atoms with E-state index in [1.54, 1.807) is 0 Å². The molecular weight excluding hydrogens is 106 g/mol. The monoisotopic (exact) mass is 111 g/mol. The lowest BCUT2D eigenvalue weighted by Crippen LogP contribution is -2.31. The smallest absolute Gasteiger partial charge is 0.220 e. The topological polar surface area (TPSA) is 40.0 Å². The summed E-state index contributed by atoms with van der Waals surface area (Å²) in [6, 6.07) is 0. The van der Waals surface area contributed by atoms with E-state index in [2.05, 4.69) is 0 Å². The van der Waals surface area contributed by atoms with Crippen LogP contribution in [0.5, 0.6) is 0 Å². The summed E-state index contributed by atoms with van der Waals surface area (Å²) in [6.07, 6.45) is 2.50. The Morgan fingerprint density at radius 2 is 1.62 bits per heavy atom. The van der Waals surface area contributed by atoms with Crippen LogP contribution in [-0.2, 0) is 9.59 Å². The van der Waals surface area contributed by atoms with Gasteiger partial charge in [-0.15, -0.1) is 0 Å². The number of amides is 2. The van der Waals surface area contributed by atoms with Gasteiger partial charge in [0.1, 0.15) is 7.05 Å². The Morgan fingerprint density at radius 1 is 1.25 bits per heavy atom. The van der Waals surface area contributed by atoms with Crippen LogP contribution in [0.4, 0.5) is 0 Å². The second-order valence-electron chi connectivity index (χ2n) is 1.57. The van der Waals surface area contributed by atoms with Gasteiger partial charge in [-0.2, -0.15) is 0 Å². The van der Waals surface area contributed by atoms with Gasteiger partial charge in [0.25, 0.3) is 0 Å². The average molecular weight is 111 g/mol. The van der Waals surface area contributed by atoms with E-state index in [1.165, 1.54) is 19.2 Å². The molecule has 1 rings (SSSR count). The van der Waals surface area contributed by atoms with Crippen molar-refractivity contribution in [2.75, 3.05) is 7.05 Å². The Kier molecular flexibility index (Phi) is 0.986. The molecule has 0 fully saturated rings. The van der Waals surface area contributed by atoms with Crippen molar-refractivity contribution in [1.29, 1.82) is 0 Å². The molecule has 2 amide bonds. The van der Waals surface area contributed by atoms with E-state index in [0.29, 0.717) is 0 Å². The second-order valence-corrected chi connectivity index (χ2v) is 1.57. The summed E-state index contributed by atoms with van der Waals surface area (Å²) in [7, 11) is 1.45. The van der Waals surface area contributed by atoms with E-state index in [9.17, 15) is 9.59 Å². The number of nitrogens with zero attached hydrogens (tertiary/aromatic N) is 1. The molecule has 0 saturated carbocycles. The molecule has 8 heavy (non-hydrogen) atoms. The van der Waals surface area contributed by atoms with Gasteiger partial charge >= 0.3 is 11.8 Å². The quantitative estimate of drug-likeness (QED) is 0.308. The maximum absolute atomic E-state index is 10.4. The zero-order chi connectivity index (χ0) is 6.15. The molecule has 0 saturated heterocycles. The molecule has 0 aromatic heterocycles. The number of hydrogen-bond donors (Lipinski definition) is 0. The van der Waals surface area contributed by atoms with Gasteiger partial charge in [0.05, 0.1) is 12.2 Å². The van der Waals surface area contributed by atoms with E-state index in [1.807, 2.05) is 0 Å². The molecule has 0 unspecified atom stereocenters. The van der Waals surface area contributed by atoms with Crippen LogP contribution in [0.1, 0.15) is 0 Å². The molecule has 1 heterocycles. The van der Waals surface area contributed by atoms with Crippen molar-refractivity contribution in [2.24, 2.45) is 0 Å². The Bertz CT molecular complexity index is 153. The van der Waals surface area contributed by atoms with Crippen LogP contribution in [0.15, 0.2) is 12.2 Å². The zero-order valence-electron chi connectivity index (χ0n) is 4.42. The zero-order valence-corrected chi connectivity index (χ0v) is 4.42. The van der Waals surface area contributed by atoms with E-state index in [0.717, 1.165) is 4.90 Å². The molecule has 1 radical (unpaired) electrons. The van der Waals surface area contributed by atoms with Crippen molar-refractivity contribution < 1.29 is 9.59 Å². The van der Waals surface area contributed by atoms with Crippen LogP contribution >= 0.6 is 0 Å². The summed E-state index contributed by atoms with van der Waals surface area (Å²) in [6.45, 7) is 0. The van der Waals surface area contributed by atoms with Crippen molar-refractivity contribution in [2.45, 2.75) is 0 Å². The van der Waals surface area contributed by atoms with Crippen LogP contribution in [0.3, 0.4) is 0 Å². The van der Waals surface area contributed by atoms with Crippen LogP contribution in [0.2, 0.25) is 0 Å². The first-order chi connectivity index (χ1) is 3.72. The fourth-order valence-electron chi connectivity index (χ4n) is 0.475. The number of imide groups is 1. The van der Waals surface area contributed by atoms with E-state index < -0.39 is 0 Å². The molecule has 0 bridgehead atoms. The molecule has 1 aliphatic heterocycles. The van der Waals surface area contributed by atoms with Gasteiger partial charge in [-0.25, -0.2) is 9.59 Å². The Hall–Kier alpha value is -0.960. The lowest BCUT2D eigenvalue weighted by atomic mass is 10.6. The molecule has 3 heteroatoms. The third kappa shape index (κ3) is 0.567. The third-order valence-corrected chi connectivity index (χ3v) is 1.03. The van der Waals surface area contributed by atoms with Gasteiger partial charge in [0, 0.05) is 0 Å². The standard InChI is InChI=1S/C5H5NO2/c1-6-4(7)2-3-5(6)8/h2-3H,1H3/q+1. The highest BCUT2D eigenvalue weighted by Crippen LogP contribution is 1.93. The highest BCUT2D eigenvalue weighted by molar-refractivity contribution is 6.15. The Balaban J connectivity index is 2.84. The predicted octanol–water partition coefficient (Wildman–Crippen LogP) is -0.621. The van der Waals surface area contributed by atoms with Crippen LogP contribution < -0.4 is 4.90 Å². The minimum absolute atomic E-state index is 0.241. The summed E-state index contributed by atoms with van der Waals surface area (Å²) in [5, 5.41) is 0. The van der Waals surface area contributed by atoms with E-state index >= 15 is 0 Å². The van der Waals surface area contributed by atoms with Crippen molar-refractivity contribution in [3.63, 3.8) is 0 Å². The highest BCUT2D eigenvalue weighted by atomic mass is 16.2. The molecule has 0 spiro atoms. The Morgan fingerprint density at radius 3 is 1.75 bits per heavy atom. The summed E-state index contributed by atoms with van der Waals surface area (Å²) >= 11 is 0. The molecule has 0 aromatic rings. The molecule has 0 aromatic carbocycles. The maximum Gasteiger partial charge on any atom is 0.394 e. The molecule has 41 valence electrons. The van der Waals surface area contributed by atoms with Gasteiger partial charge in [-0.1, -0.05) is 0 Å². The van der Waals surface area contributed by atoms with Crippen molar-refractivity contribution >= 4 is 11.8 Å². The lowest BCUT2D eigenvalue weighted by molar-refractivity contribution is -0.128. The molecule has 0 atom stereocenters. The van der Waals surface area contributed by atoms with Crippen LogP contribution in [0.25, 0.3) is 0 Å². The average Bonchev–Trinajstić information content (AvgIpc) is 1.98. The summed E-state index contributed by atoms with van der Waals surface area (Å²) in [4.78, 5) is 21.9. The summed E-state index contributed by atoms with van der Waals surface area (Å²) in [5.41, 5.74) is 0. The normalized spacial score (nSPS) is 20.6. The first-order valence-electron chi connectivity index (χ1n) is 2.21. The molecule has 3 nitrogen and oxygen atoms in total. The first kappa shape index (κ1) is 5.18. The molecule has 0 aliphatic carbocycles. The molecule has 0 N–H and O–H groups in total. The van der Waals surface area contributed by atoms with Gasteiger partial charge in [-0.3, -0.25) is 0 Å². The van der Waals surface area contributed by atoms with Gasteiger partial charge < -0.3 is 0 Å². The molecule has 1 aliphatic rings. The summed E-state index contributed by atoms with van der Waals surface area (Å²) in [5.74, 6) is -0.481. The van der Waals surface area contributed by atoms with Crippen molar-refractivity contribution in [3.05, 3.63) is 12.2 Å². The largest absolute Gasteiger partial charge is 0.394 e. The van der Waals surface area contributed by atoms with E-state index in [4.69, 9.17) is 0 Å². The van der Waals surface area contributed by atoms with Gasteiger partial charge in [-0.05, 0) is 4.90 Å². The fraction of sp³-hybridized carbons (Fsp3) is 0.200. The van der Waals surface area contributed by atoms with Crippen LogP contribution in [0, 0.1) is 0 Å². The first-order valence-corrected chi connectivity index (χ1v) is 2.21.